The highest BCUT2D eigenvalue weighted by Crippen LogP contribution is 2.34. The van der Waals surface area contributed by atoms with E-state index in [1.165, 1.54) is 17.0 Å². The van der Waals surface area contributed by atoms with Crippen molar-refractivity contribution in [2.24, 2.45) is 5.92 Å². The number of esters is 1. The van der Waals surface area contributed by atoms with Crippen LogP contribution in [-0.4, -0.2) is 48.6 Å². The summed E-state index contributed by atoms with van der Waals surface area (Å²) in [4.78, 5) is 50.0. The van der Waals surface area contributed by atoms with E-state index in [9.17, 15) is 24.3 Å². The van der Waals surface area contributed by atoms with Crippen LogP contribution in [0.25, 0.3) is 0 Å². The summed E-state index contributed by atoms with van der Waals surface area (Å²) in [5.74, 6) is -1.44. The van der Waals surface area contributed by atoms with E-state index in [0.29, 0.717) is 12.8 Å². The number of hydrogen-bond donors (Lipinski definition) is 3. The van der Waals surface area contributed by atoms with E-state index in [1.807, 2.05) is 0 Å². The van der Waals surface area contributed by atoms with Crippen molar-refractivity contribution in [1.82, 2.24) is 4.90 Å². The fourth-order valence-electron chi connectivity index (χ4n) is 3.69. The van der Waals surface area contributed by atoms with Gasteiger partial charge in [0.05, 0.1) is 23.8 Å². The van der Waals surface area contributed by atoms with E-state index in [-0.39, 0.29) is 49.8 Å². The van der Waals surface area contributed by atoms with Crippen molar-refractivity contribution < 1.29 is 22.3 Å². The first kappa shape index (κ1) is 21.4. The maximum atomic E-state index is 12.2. The molecular formula is C21H29N3O6. The molecule has 1 aliphatic rings. The number of benzene rings is 1. The zero-order valence-corrected chi connectivity index (χ0v) is 17.2. The van der Waals surface area contributed by atoms with Crippen LogP contribution in [0.15, 0.2) is 27.8 Å². The van der Waals surface area contributed by atoms with Gasteiger partial charge in [0.15, 0.2) is 5.75 Å². The summed E-state index contributed by atoms with van der Waals surface area (Å²) in [6, 6.07) is 4.21. The monoisotopic (exact) mass is 419 g/mol. The van der Waals surface area contributed by atoms with E-state index >= 15 is 0 Å². The van der Waals surface area contributed by atoms with Gasteiger partial charge < -0.3 is 25.4 Å². The molecule has 9 heteroatoms. The maximum Gasteiger partial charge on any atom is 0.311 e. The van der Waals surface area contributed by atoms with Crippen LogP contribution in [0.1, 0.15) is 39.4 Å². The van der Waals surface area contributed by atoms with Crippen LogP contribution in [0.3, 0.4) is 0 Å². The van der Waals surface area contributed by atoms with Crippen LogP contribution >= 0.6 is 0 Å². The molecule has 0 aliphatic heterocycles. The Morgan fingerprint density at radius 3 is 2.57 bits per heavy atom. The third-order valence-electron chi connectivity index (χ3n) is 5.28. The highest BCUT2D eigenvalue weighted by Gasteiger charge is 2.36. The molecule has 0 heterocycles. The zero-order chi connectivity index (χ0) is 22.0. The predicted molar refractivity (Wildman–Crippen MR) is 116 cm³/mol. The van der Waals surface area contributed by atoms with Crippen LogP contribution in [0.2, 0.25) is 0 Å². The molecule has 164 valence electrons. The number of ether oxygens (including phenoxy) is 1. The molecule has 0 bridgehead atoms. The number of carbonyl (C=O) groups excluding carboxylic acids is 2. The molecule has 9 nitrogen and oxygen atoms in total. The molecule has 0 radical (unpaired) electrons. The number of nitrogens with zero attached hydrogens (tertiary/aromatic N) is 1. The molecule has 1 fully saturated rings. The smallest absolute Gasteiger partial charge is 0.311 e. The van der Waals surface area contributed by atoms with Gasteiger partial charge >= 0.3 is 5.97 Å². The van der Waals surface area contributed by atoms with Gasteiger partial charge in [-0.1, -0.05) is 12.5 Å². The minimum atomic E-state index is -0.730. The summed E-state index contributed by atoms with van der Waals surface area (Å²) < 4.78 is 5.10. The Balaban J connectivity index is 0.00000256. The van der Waals surface area contributed by atoms with E-state index in [1.54, 1.807) is 27.1 Å². The van der Waals surface area contributed by atoms with Crippen molar-refractivity contribution in [3.63, 3.8) is 0 Å². The average Bonchev–Trinajstić information content (AvgIpc) is 3.19. The van der Waals surface area contributed by atoms with Gasteiger partial charge in [0.25, 0.3) is 16.8 Å². The molecule has 2 aromatic carbocycles. The second-order valence-corrected chi connectivity index (χ2v) is 7.47. The van der Waals surface area contributed by atoms with Gasteiger partial charge in [0.2, 0.25) is 0 Å². The molecule has 2 aromatic rings. The normalized spacial score (nSPS) is 18.2. The third-order valence-corrected chi connectivity index (χ3v) is 5.28. The highest BCUT2D eigenvalue weighted by molar-refractivity contribution is 5.99. The minimum absolute atomic E-state index is 0. The van der Waals surface area contributed by atoms with Crippen LogP contribution in [-0.2, 0) is 9.53 Å². The van der Waals surface area contributed by atoms with E-state index in [2.05, 4.69) is 10.6 Å². The number of aromatic hydroxyl groups is 1. The van der Waals surface area contributed by atoms with Gasteiger partial charge in [0.1, 0.15) is 11.4 Å². The molecule has 0 aromatic heterocycles. The Kier molecular flexibility index (Phi) is 6.09. The average molecular weight is 419 g/mol. The number of nitrogens with one attached hydrogen (secondary N) is 2. The highest BCUT2D eigenvalue weighted by atomic mass is 16.5. The Hall–Kier alpha value is -3.36. The number of para-hydroxylation sites is 1. The van der Waals surface area contributed by atoms with Gasteiger partial charge in [-0.05, 0) is 31.9 Å². The van der Waals surface area contributed by atoms with Gasteiger partial charge in [0, 0.05) is 23.0 Å². The Bertz CT molecular complexity index is 1050. The quantitative estimate of drug-likeness (QED) is 0.354. The van der Waals surface area contributed by atoms with Crippen molar-refractivity contribution >= 4 is 28.9 Å². The molecule has 30 heavy (non-hydrogen) atoms. The number of amides is 1. The van der Waals surface area contributed by atoms with Gasteiger partial charge in [-0.2, -0.15) is 0 Å². The lowest BCUT2D eigenvalue weighted by Gasteiger charge is -2.23. The fraction of sp³-hybridized carbons (Fsp3) is 0.429. The Morgan fingerprint density at radius 2 is 1.90 bits per heavy atom. The number of anilines is 3. The number of phenols is 1. The molecule has 0 saturated heterocycles. The van der Waals surface area contributed by atoms with Gasteiger partial charge in [-0.15, -0.1) is 0 Å². The molecule has 2 atom stereocenters. The molecule has 1 aliphatic carbocycles. The summed E-state index contributed by atoms with van der Waals surface area (Å²) in [6.07, 6.45) is 2.11. The summed E-state index contributed by atoms with van der Waals surface area (Å²) >= 11 is 0. The number of hydrogen-bond acceptors (Lipinski definition) is 8. The maximum absolute atomic E-state index is 12.2. The second kappa shape index (κ2) is 8.56. The second-order valence-electron chi connectivity index (χ2n) is 7.47. The SMILES string of the molecule is CCOC(=O)[C@@H]1CCC[C@@H]1Nc1c(Nc2cccc(C(=O)N(C)C)c2O)c(=O)c1=O.[HH].[HH]. The lowest BCUT2D eigenvalue weighted by molar-refractivity contribution is -0.148. The van der Waals surface area contributed by atoms with Crippen LogP contribution < -0.4 is 21.5 Å². The largest absolute Gasteiger partial charge is 0.505 e. The lowest BCUT2D eigenvalue weighted by atomic mass is 10.0. The lowest BCUT2D eigenvalue weighted by Crippen LogP contribution is -2.41. The number of phenolic OH excluding ortho intramolecular Hbond substituents is 1. The fourth-order valence-corrected chi connectivity index (χ4v) is 3.69. The number of rotatable bonds is 7. The van der Waals surface area contributed by atoms with Crippen LogP contribution in [0.5, 0.6) is 5.75 Å². The molecule has 1 amide bonds. The summed E-state index contributed by atoms with van der Waals surface area (Å²) in [7, 11) is 3.12. The van der Waals surface area contributed by atoms with Gasteiger partial charge in [-0.25, -0.2) is 0 Å². The molecule has 3 rings (SSSR count). The van der Waals surface area contributed by atoms with E-state index in [4.69, 9.17) is 4.74 Å². The standard InChI is InChI=1S/C21H25N3O6.2H2/c1-4-30-21(29)11-7-5-9-13(11)22-15-16(19(27)18(15)26)23-14-10-6-8-12(17(14)25)20(28)24(2)3;;/h6,8,10-11,13,22-23,25H,4-5,7,9H2,1-3H3;2*1H/t11-,13+;;/m1../s1. The molecule has 0 unspecified atom stereocenters. The zero-order valence-electron chi connectivity index (χ0n) is 17.2. The molecule has 0 spiro atoms. The number of carbonyl (C=O) groups is 2. The molecule has 1 saturated carbocycles. The summed E-state index contributed by atoms with van der Waals surface area (Å²) in [5.41, 5.74) is -1.15. The first-order valence-electron chi connectivity index (χ1n) is 9.83. The van der Waals surface area contributed by atoms with Crippen molar-refractivity contribution in [3.8, 4) is 5.75 Å². The molecular weight excluding hydrogens is 390 g/mol. The van der Waals surface area contributed by atoms with Crippen LogP contribution in [0.4, 0.5) is 17.1 Å². The van der Waals surface area contributed by atoms with Crippen LogP contribution in [0, 0.1) is 5.92 Å². The Labute approximate surface area is 176 Å². The first-order chi connectivity index (χ1) is 14.3. The predicted octanol–water partition coefficient (Wildman–Crippen LogP) is 2.07. The Morgan fingerprint density at radius 1 is 1.20 bits per heavy atom. The van der Waals surface area contributed by atoms with Crippen molar-refractivity contribution in [2.45, 2.75) is 32.2 Å². The minimum Gasteiger partial charge on any atom is -0.505 e. The van der Waals surface area contributed by atoms with Crippen molar-refractivity contribution in [3.05, 3.63) is 44.2 Å². The first-order valence-corrected chi connectivity index (χ1v) is 9.83. The third kappa shape index (κ3) is 3.87. The molecule has 3 N–H and O–H groups in total. The van der Waals surface area contributed by atoms with Gasteiger partial charge in [-0.3, -0.25) is 19.2 Å². The van der Waals surface area contributed by atoms with Crippen molar-refractivity contribution in [2.75, 3.05) is 31.3 Å². The van der Waals surface area contributed by atoms with Crippen molar-refractivity contribution in [1.29, 1.82) is 0 Å². The summed E-state index contributed by atoms with van der Waals surface area (Å²) in [6.45, 7) is 2.01. The summed E-state index contributed by atoms with van der Waals surface area (Å²) in [5, 5.41) is 16.2. The van der Waals surface area contributed by atoms with E-state index < -0.39 is 22.7 Å². The topological polar surface area (TPSA) is 125 Å². The van der Waals surface area contributed by atoms with E-state index in [0.717, 1.165) is 6.42 Å².